The predicted molar refractivity (Wildman–Crippen MR) is 106 cm³/mol. The summed E-state index contributed by atoms with van der Waals surface area (Å²) in [5.74, 6) is 0.733. The van der Waals surface area contributed by atoms with Crippen LogP contribution >= 0.6 is 22.9 Å². The molecule has 3 rings (SSSR count). The Morgan fingerprint density at radius 2 is 2.11 bits per heavy atom. The number of ether oxygens (including phenoxy) is 2. The van der Waals surface area contributed by atoms with Crippen molar-refractivity contribution in [2.45, 2.75) is 26.0 Å². The van der Waals surface area contributed by atoms with Crippen molar-refractivity contribution >= 4 is 28.8 Å². The molecule has 1 unspecified atom stereocenters. The molecule has 1 N–H and O–H groups in total. The monoisotopic (exact) mass is 409 g/mol. The maximum atomic E-state index is 12.3. The van der Waals surface area contributed by atoms with E-state index >= 15 is 0 Å². The average Bonchev–Trinajstić information content (AvgIpc) is 3.09. The maximum absolute atomic E-state index is 12.3. The third-order valence-electron chi connectivity index (χ3n) is 4.16. The first-order chi connectivity index (χ1) is 13.1. The van der Waals surface area contributed by atoms with Crippen molar-refractivity contribution in [3.8, 4) is 5.75 Å². The second-order valence-electron chi connectivity index (χ2n) is 6.53. The molecule has 2 aromatic rings. The van der Waals surface area contributed by atoms with Gasteiger partial charge in [0.1, 0.15) is 17.4 Å². The van der Waals surface area contributed by atoms with Gasteiger partial charge >= 0.3 is 0 Å². The van der Waals surface area contributed by atoms with Crippen LogP contribution in [0.3, 0.4) is 0 Å². The van der Waals surface area contributed by atoms with Gasteiger partial charge in [-0.3, -0.25) is 9.69 Å². The van der Waals surface area contributed by atoms with Crippen molar-refractivity contribution in [3.05, 3.63) is 45.4 Å². The molecule has 0 spiro atoms. The number of hydrogen-bond acceptors (Lipinski definition) is 6. The van der Waals surface area contributed by atoms with Crippen LogP contribution in [0.25, 0.3) is 0 Å². The quantitative estimate of drug-likeness (QED) is 0.726. The number of thiazole rings is 1. The smallest absolute Gasteiger partial charge is 0.226 e. The second kappa shape index (κ2) is 10.0. The molecule has 6 nitrogen and oxygen atoms in total. The predicted octanol–water partition coefficient (Wildman–Crippen LogP) is 2.75. The Kier molecular flexibility index (Phi) is 7.46. The second-order valence-corrected chi connectivity index (χ2v) is 7.91. The zero-order chi connectivity index (χ0) is 19.1. The summed E-state index contributed by atoms with van der Waals surface area (Å²) in [6.45, 7) is 6.61. The van der Waals surface area contributed by atoms with Crippen molar-refractivity contribution < 1.29 is 14.3 Å². The minimum absolute atomic E-state index is 0.00812. The van der Waals surface area contributed by atoms with Crippen molar-refractivity contribution in [1.82, 2.24) is 15.2 Å². The zero-order valence-corrected chi connectivity index (χ0v) is 16.9. The largest absolute Gasteiger partial charge is 0.486 e. The summed E-state index contributed by atoms with van der Waals surface area (Å²) in [6, 6.07) is 7.31. The van der Waals surface area contributed by atoms with E-state index in [1.165, 1.54) is 11.3 Å². The Morgan fingerprint density at radius 1 is 1.37 bits per heavy atom. The molecule has 0 bridgehead atoms. The highest BCUT2D eigenvalue weighted by Gasteiger charge is 2.16. The molecule has 0 aliphatic carbocycles. The lowest BCUT2D eigenvalue weighted by Crippen LogP contribution is -2.46. The fourth-order valence-corrected chi connectivity index (χ4v) is 3.71. The first-order valence-electron chi connectivity index (χ1n) is 8.99. The van der Waals surface area contributed by atoms with Crippen LogP contribution in [0.2, 0.25) is 5.02 Å². The van der Waals surface area contributed by atoms with E-state index in [2.05, 4.69) is 15.2 Å². The summed E-state index contributed by atoms with van der Waals surface area (Å²) in [6.07, 6.45) is 0.283. The molecular formula is C19H24ClN3O3S. The summed E-state index contributed by atoms with van der Waals surface area (Å²) in [5, 5.41) is 6.47. The van der Waals surface area contributed by atoms with Gasteiger partial charge in [0, 0.05) is 36.1 Å². The van der Waals surface area contributed by atoms with Crippen LogP contribution in [-0.2, 0) is 22.6 Å². The van der Waals surface area contributed by atoms with Gasteiger partial charge in [0.05, 0.1) is 25.3 Å². The zero-order valence-electron chi connectivity index (χ0n) is 15.3. The summed E-state index contributed by atoms with van der Waals surface area (Å²) in [7, 11) is 0. The number of morpholine rings is 1. The van der Waals surface area contributed by atoms with Gasteiger partial charge in [-0.25, -0.2) is 4.98 Å². The number of carbonyl (C=O) groups excluding carboxylic acids is 1. The molecule has 2 heterocycles. The molecule has 0 radical (unpaired) electrons. The standard InChI is InChI=1S/C19H24ClN3O3S/c1-14(11-23-6-8-25-9-7-23)21-18(24)10-16-13-27-19(22-16)12-26-17-4-2-15(20)3-5-17/h2-5,13-14H,6-12H2,1H3,(H,21,24). The van der Waals surface area contributed by atoms with E-state index in [1.54, 1.807) is 12.1 Å². The van der Waals surface area contributed by atoms with Gasteiger partial charge in [-0.15, -0.1) is 11.3 Å². The van der Waals surface area contributed by atoms with Gasteiger partial charge in [0.2, 0.25) is 5.91 Å². The Hall–Kier alpha value is -1.67. The van der Waals surface area contributed by atoms with E-state index in [4.69, 9.17) is 21.1 Å². The first kappa shape index (κ1) is 20.1. The van der Waals surface area contributed by atoms with Crippen LogP contribution in [0.15, 0.2) is 29.6 Å². The number of amides is 1. The van der Waals surface area contributed by atoms with Crippen molar-refractivity contribution in [3.63, 3.8) is 0 Å². The van der Waals surface area contributed by atoms with Crippen molar-refractivity contribution in [2.24, 2.45) is 0 Å². The van der Waals surface area contributed by atoms with E-state index in [-0.39, 0.29) is 18.4 Å². The van der Waals surface area contributed by atoms with Gasteiger partial charge in [0.15, 0.2) is 0 Å². The highest BCUT2D eigenvalue weighted by molar-refractivity contribution is 7.09. The summed E-state index contributed by atoms with van der Waals surface area (Å²) >= 11 is 7.36. The fraction of sp³-hybridized carbons (Fsp3) is 0.474. The normalized spacial score (nSPS) is 16.1. The van der Waals surface area contributed by atoms with E-state index < -0.39 is 0 Å². The Morgan fingerprint density at radius 3 is 2.85 bits per heavy atom. The van der Waals surface area contributed by atoms with E-state index in [1.807, 2.05) is 24.4 Å². The maximum Gasteiger partial charge on any atom is 0.226 e. The minimum atomic E-state index is -0.00812. The van der Waals surface area contributed by atoms with Crippen LogP contribution in [0.5, 0.6) is 5.75 Å². The molecule has 1 aliphatic heterocycles. The van der Waals surface area contributed by atoms with Crippen LogP contribution < -0.4 is 10.1 Å². The number of nitrogens with zero attached hydrogens (tertiary/aromatic N) is 2. The van der Waals surface area contributed by atoms with Crippen molar-refractivity contribution in [2.75, 3.05) is 32.8 Å². The number of nitrogens with one attached hydrogen (secondary N) is 1. The molecule has 1 amide bonds. The molecule has 8 heteroatoms. The van der Waals surface area contributed by atoms with Crippen LogP contribution in [0.1, 0.15) is 17.6 Å². The third-order valence-corrected chi connectivity index (χ3v) is 5.28. The molecule has 1 aliphatic rings. The van der Waals surface area contributed by atoms with Crippen LogP contribution in [-0.4, -0.2) is 54.7 Å². The number of rotatable bonds is 8. The molecule has 1 saturated heterocycles. The SMILES string of the molecule is CC(CN1CCOCC1)NC(=O)Cc1csc(COc2ccc(Cl)cc2)n1. The molecule has 1 atom stereocenters. The van der Waals surface area contributed by atoms with Gasteiger partial charge in [-0.05, 0) is 31.2 Å². The van der Waals surface area contributed by atoms with E-state index in [0.29, 0.717) is 11.6 Å². The number of benzene rings is 1. The third kappa shape index (κ3) is 6.77. The molecule has 27 heavy (non-hydrogen) atoms. The molecule has 1 aromatic carbocycles. The molecule has 1 fully saturated rings. The van der Waals surface area contributed by atoms with Gasteiger partial charge < -0.3 is 14.8 Å². The Balaban J connectivity index is 1.41. The lowest BCUT2D eigenvalue weighted by atomic mass is 10.2. The first-order valence-corrected chi connectivity index (χ1v) is 10.3. The number of aromatic nitrogens is 1. The topological polar surface area (TPSA) is 63.7 Å². The highest BCUT2D eigenvalue weighted by atomic mass is 35.5. The van der Waals surface area contributed by atoms with E-state index in [9.17, 15) is 4.79 Å². The summed E-state index contributed by atoms with van der Waals surface area (Å²) in [5.41, 5.74) is 0.769. The van der Waals surface area contributed by atoms with Gasteiger partial charge in [-0.2, -0.15) is 0 Å². The number of hydrogen-bond donors (Lipinski definition) is 1. The fourth-order valence-electron chi connectivity index (χ4n) is 2.88. The summed E-state index contributed by atoms with van der Waals surface area (Å²) < 4.78 is 11.0. The molecule has 146 valence electrons. The molecular weight excluding hydrogens is 386 g/mol. The Labute approximate surface area is 168 Å². The number of carbonyl (C=O) groups is 1. The minimum Gasteiger partial charge on any atom is -0.486 e. The number of halogens is 1. The van der Waals surface area contributed by atoms with E-state index in [0.717, 1.165) is 49.3 Å². The van der Waals surface area contributed by atoms with Crippen LogP contribution in [0.4, 0.5) is 0 Å². The van der Waals surface area contributed by atoms with Gasteiger partial charge in [-0.1, -0.05) is 11.6 Å². The lowest BCUT2D eigenvalue weighted by Gasteiger charge is -2.29. The summed E-state index contributed by atoms with van der Waals surface area (Å²) in [4.78, 5) is 19.0. The molecule has 1 aromatic heterocycles. The lowest BCUT2D eigenvalue weighted by molar-refractivity contribution is -0.121. The van der Waals surface area contributed by atoms with Gasteiger partial charge in [0.25, 0.3) is 0 Å². The van der Waals surface area contributed by atoms with Crippen LogP contribution in [0, 0.1) is 0 Å². The highest BCUT2D eigenvalue weighted by Crippen LogP contribution is 2.18. The Bertz CT molecular complexity index is 732. The average molecular weight is 410 g/mol. The molecule has 0 saturated carbocycles. The van der Waals surface area contributed by atoms with Crippen molar-refractivity contribution in [1.29, 1.82) is 0 Å².